The van der Waals surface area contributed by atoms with E-state index in [0.717, 1.165) is 5.69 Å². The van der Waals surface area contributed by atoms with E-state index < -0.39 is 0 Å². The van der Waals surface area contributed by atoms with Gasteiger partial charge in [-0.05, 0) is 63.7 Å². The first-order valence-corrected chi connectivity index (χ1v) is 10.4. The lowest BCUT2D eigenvalue weighted by Crippen LogP contribution is -1.91. The summed E-state index contributed by atoms with van der Waals surface area (Å²) in [6.07, 6.45) is 1.95. The van der Waals surface area contributed by atoms with Crippen LogP contribution in [0.5, 0.6) is 0 Å². The second-order valence-corrected chi connectivity index (χ2v) is 8.24. The van der Waals surface area contributed by atoms with Gasteiger partial charge in [-0.2, -0.15) is 0 Å². The highest BCUT2D eigenvalue weighted by Crippen LogP contribution is 2.38. The maximum atomic E-state index is 4.89. The van der Waals surface area contributed by atoms with Gasteiger partial charge in [0.2, 0.25) is 0 Å². The van der Waals surface area contributed by atoms with Crippen molar-refractivity contribution in [2.75, 3.05) is 0 Å². The third-order valence-corrected chi connectivity index (χ3v) is 6.19. The smallest absolute Gasteiger partial charge is 0.0786 e. The third kappa shape index (κ3) is 2.52. The van der Waals surface area contributed by atoms with Crippen molar-refractivity contribution in [3.8, 4) is 11.3 Å². The minimum Gasteiger partial charge on any atom is -0.256 e. The molecule has 0 aliphatic rings. The zero-order valence-electron chi connectivity index (χ0n) is 17.1. The maximum absolute atomic E-state index is 4.89. The minimum absolute atomic E-state index is 1.05. The Kier molecular flexibility index (Phi) is 3.66. The Morgan fingerprint density at radius 3 is 2.10 bits per heavy atom. The molecule has 0 bridgehead atoms. The van der Waals surface area contributed by atoms with E-state index >= 15 is 0 Å². The number of aryl methyl sites for hydroxylation is 2. The Morgan fingerprint density at radius 1 is 0.500 bits per heavy atom. The fourth-order valence-corrected chi connectivity index (χ4v) is 4.74. The average Bonchev–Trinajstić information content (AvgIpc) is 2.77. The molecule has 1 nitrogen and oxygen atoms in total. The standard InChI is InChI=1S/C29H21N/c1-18-7-10-23-21(15-18)17-28(27-16-19(2)8-11-24(23)27)29-26-12-9-20-5-3-4-6-22(20)25(26)13-14-30-29/h3-17H,1-2H3. The molecular weight excluding hydrogens is 362 g/mol. The van der Waals surface area contributed by atoms with Crippen molar-refractivity contribution in [3.05, 3.63) is 102 Å². The van der Waals surface area contributed by atoms with Gasteiger partial charge in [-0.3, -0.25) is 4.98 Å². The molecule has 1 heterocycles. The van der Waals surface area contributed by atoms with E-state index in [9.17, 15) is 0 Å². The summed E-state index contributed by atoms with van der Waals surface area (Å²) < 4.78 is 0. The number of nitrogens with zero attached hydrogens (tertiary/aromatic N) is 1. The highest BCUT2D eigenvalue weighted by molar-refractivity contribution is 6.18. The molecule has 0 unspecified atom stereocenters. The van der Waals surface area contributed by atoms with Crippen LogP contribution in [0.15, 0.2) is 91.1 Å². The van der Waals surface area contributed by atoms with Crippen molar-refractivity contribution in [1.82, 2.24) is 4.98 Å². The number of pyridine rings is 1. The minimum atomic E-state index is 1.05. The van der Waals surface area contributed by atoms with Crippen LogP contribution in [0, 0.1) is 13.8 Å². The van der Waals surface area contributed by atoms with Crippen molar-refractivity contribution in [2.45, 2.75) is 13.8 Å². The van der Waals surface area contributed by atoms with Crippen LogP contribution in [0.2, 0.25) is 0 Å². The molecule has 6 aromatic rings. The first-order valence-electron chi connectivity index (χ1n) is 10.4. The molecule has 0 radical (unpaired) electrons. The summed E-state index contributed by atoms with van der Waals surface area (Å²) in [6, 6.07) is 31.0. The average molecular weight is 383 g/mol. The van der Waals surface area contributed by atoms with Gasteiger partial charge < -0.3 is 0 Å². The fourth-order valence-electron chi connectivity index (χ4n) is 4.74. The zero-order valence-corrected chi connectivity index (χ0v) is 17.1. The fraction of sp³-hybridized carbons (Fsp3) is 0.0690. The quantitative estimate of drug-likeness (QED) is 0.262. The Hall–Kier alpha value is -3.71. The van der Waals surface area contributed by atoms with Crippen LogP contribution in [-0.2, 0) is 0 Å². The van der Waals surface area contributed by atoms with Gasteiger partial charge in [0.1, 0.15) is 0 Å². The van der Waals surface area contributed by atoms with Crippen LogP contribution in [0.1, 0.15) is 11.1 Å². The van der Waals surface area contributed by atoms with Crippen molar-refractivity contribution in [3.63, 3.8) is 0 Å². The van der Waals surface area contributed by atoms with Gasteiger partial charge in [0.25, 0.3) is 0 Å². The first-order chi connectivity index (χ1) is 14.7. The van der Waals surface area contributed by atoms with Crippen LogP contribution in [0.4, 0.5) is 0 Å². The van der Waals surface area contributed by atoms with E-state index in [2.05, 4.69) is 98.8 Å². The van der Waals surface area contributed by atoms with Crippen LogP contribution < -0.4 is 0 Å². The van der Waals surface area contributed by atoms with E-state index in [4.69, 9.17) is 4.98 Å². The predicted octanol–water partition coefficient (Wildman–Crippen LogP) is 7.98. The van der Waals surface area contributed by atoms with Gasteiger partial charge in [0, 0.05) is 17.1 Å². The summed E-state index contributed by atoms with van der Waals surface area (Å²) in [7, 11) is 0. The molecule has 1 aromatic heterocycles. The normalized spacial score (nSPS) is 11.7. The van der Waals surface area contributed by atoms with Gasteiger partial charge >= 0.3 is 0 Å². The molecule has 30 heavy (non-hydrogen) atoms. The summed E-state index contributed by atoms with van der Waals surface area (Å²) in [5.74, 6) is 0. The van der Waals surface area contributed by atoms with E-state index in [1.165, 1.54) is 59.8 Å². The lowest BCUT2D eigenvalue weighted by atomic mass is 9.91. The number of fused-ring (bicyclic) bond motifs is 6. The molecule has 0 fully saturated rings. The lowest BCUT2D eigenvalue weighted by molar-refractivity contribution is 1.37. The number of aromatic nitrogens is 1. The maximum Gasteiger partial charge on any atom is 0.0786 e. The van der Waals surface area contributed by atoms with E-state index in [-0.39, 0.29) is 0 Å². The zero-order chi connectivity index (χ0) is 20.2. The summed E-state index contributed by atoms with van der Waals surface area (Å²) in [4.78, 5) is 4.89. The molecule has 1 heteroatoms. The van der Waals surface area contributed by atoms with Crippen LogP contribution in [-0.4, -0.2) is 4.98 Å². The molecule has 0 aliphatic carbocycles. The summed E-state index contributed by atoms with van der Waals surface area (Å²) in [5.41, 5.74) is 4.79. The molecule has 0 atom stereocenters. The number of rotatable bonds is 1. The number of hydrogen-bond donors (Lipinski definition) is 0. The van der Waals surface area contributed by atoms with Crippen LogP contribution in [0.25, 0.3) is 54.3 Å². The predicted molar refractivity (Wildman–Crippen MR) is 129 cm³/mol. The number of benzene rings is 5. The van der Waals surface area contributed by atoms with Crippen molar-refractivity contribution in [1.29, 1.82) is 0 Å². The Labute approximate surface area is 175 Å². The van der Waals surface area contributed by atoms with Gasteiger partial charge in [-0.15, -0.1) is 0 Å². The third-order valence-electron chi connectivity index (χ3n) is 6.19. The lowest BCUT2D eigenvalue weighted by Gasteiger charge is -2.14. The molecule has 0 N–H and O–H groups in total. The van der Waals surface area contributed by atoms with Crippen LogP contribution >= 0.6 is 0 Å². The summed E-state index contributed by atoms with van der Waals surface area (Å²) in [5, 5.41) is 10.1. The molecule has 0 amide bonds. The second-order valence-electron chi connectivity index (χ2n) is 8.24. The van der Waals surface area contributed by atoms with Crippen molar-refractivity contribution < 1.29 is 0 Å². The van der Waals surface area contributed by atoms with E-state index in [1.807, 2.05) is 6.20 Å². The first kappa shape index (κ1) is 17.2. The Balaban J connectivity index is 1.79. The van der Waals surface area contributed by atoms with Gasteiger partial charge in [-0.1, -0.05) is 83.9 Å². The summed E-state index contributed by atoms with van der Waals surface area (Å²) >= 11 is 0. The second kappa shape index (κ2) is 6.40. The van der Waals surface area contributed by atoms with E-state index in [0.29, 0.717) is 0 Å². The highest BCUT2D eigenvalue weighted by atomic mass is 14.7. The SMILES string of the molecule is Cc1ccc2c(c1)cc(-c1nccc3c1ccc1ccccc13)c1cc(C)ccc12. The van der Waals surface area contributed by atoms with Crippen molar-refractivity contribution in [2.24, 2.45) is 0 Å². The topological polar surface area (TPSA) is 12.9 Å². The van der Waals surface area contributed by atoms with Crippen LogP contribution in [0.3, 0.4) is 0 Å². The molecule has 142 valence electrons. The van der Waals surface area contributed by atoms with E-state index in [1.54, 1.807) is 0 Å². The molecule has 6 rings (SSSR count). The molecule has 0 saturated carbocycles. The van der Waals surface area contributed by atoms with Crippen molar-refractivity contribution >= 4 is 43.1 Å². The molecule has 0 saturated heterocycles. The Morgan fingerprint density at radius 2 is 1.20 bits per heavy atom. The molecule has 0 aliphatic heterocycles. The highest BCUT2D eigenvalue weighted by Gasteiger charge is 2.14. The summed E-state index contributed by atoms with van der Waals surface area (Å²) in [6.45, 7) is 4.31. The van der Waals surface area contributed by atoms with Gasteiger partial charge in [-0.25, -0.2) is 0 Å². The van der Waals surface area contributed by atoms with Gasteiger partial charge in [0.05, 0.1) is 5.69 Å². The monoisotopic (exact) mass is 383 g/mol. The largest absolute Gasteiger partial charge is 0.256 e. The Bertz CT molecular complexity index is 1610. The molecule has 0 spiro atoms. The van der Waals surface area contributed by atoms with Gasteiger partial charge in [0.15, 0.2) is 0 Å². The number of hydrogen-bond acceptors (Lipinski definition) is 1. The molecule has 5 aromatic carbocycles. The molecular formula is C29H21N.